The molecule has 4 nitrogen and oxygen atoms in total. The predicted octanol–water partition coefficient (Wildman–Crippen LogP) is 7.09. The lowest BCUT2D eigenvalue weighted by Crippen LogP contribution is -2.36. The van der Waals surface area contributed by atoms with Crippen molar-refractivity contribution in [2.45, 2.75) is 105 Å². The number of benzene rings is 1. The number of phenolic OH excluding ortho intramolecular Hbond substituents is 1. The summed E-state index contributed by atoms with van der Waals surface area (Å²) in [5, 5.41) is 10.6. The van der Waals surface area contributed by atoms with Gasteiger partial charge in [-0.1, -0.05) is 43.1 Å². The molecule has 0 bridgehead atoms. The summed E-state index contributed by atoms with van der Waals surface area (Å²) < 4.78 is 6.58. The maximum atomic E-state index is 12.9. The number of carbonyl (C=O) groups is 1. The van der Waals surface area contributed by atoms with E-state index in [0.717, 1.165) is 81.2 Å². The molecule has 1 aromatic rings. The van der Waals surface area contributed by atoms with Gasteiger partial charge >= 0.3 is 0 Å². The number of rotatable bonds is 10. The molecule has 2 aliphatic rings. The molecule has 3 rings (SSSR count). The number of amides is 1. The number of aromatic hydroxyl groups is 1. The van der Waals surface area contributed by atoms with E-state index in [1.165, 1.54) is 11.1 Å². The van der Waals surface area contributed by atoms with E-state index in [2.05, 4.69) is 46.8 Å². The summed E-state index contributed by atoms with van der Waals surface area (Å²) in [5.41, 5.74) is 4.99. The number of hydrogen-bond acceptors (Lipinski definition) is 3. The van der Waals surface area contributed by atoms with Crippen molar-refractivity contribution >= 4 is 5.91 Å². The van der Waals surface area contributed by atoms with Crippen molar-refractivity contribution in [2.24, 2.45) is 0 Å². The Kier molecular flexibility index (Phi) is 8.08. The first kappa shape index (κ1) is 24.4. The first-order valence-corrected chi connectivity index (χ1v) is 12.4. The minimum absolute atomic E-state index is 0.0278. The van der Waals surface area contributed by atoms with Crippen molar-refractivity contribution in [1.29, 1.82) is 0 Å². The Bertz CT molecular complexity index is 894. The highest BCUT2D eigenvalue weighted by Crippen LogP contribution is 2.46. The Balaban J connectivity index is 1.69. The zero-order valence-electron chi connectivity index (χ0n) is 20.7. The van der Waals surface area contributed by atoms with Crippen LogP contribution in [-0.2, 0) is 13.0 Å². The third kappa shape index (κ3) is 5.76. The van der Waals surface area contributed by atoms with Gasteiger partial charge in [0.15, 0.2) is 0 Å². The zero-order chi connectivity index (χ0) is 23.3. The topological polar surface area (TPSA) is 49.8 Å². The van der Waals surface area contributed by atoms with Crippen LogP contribution in [0, 0.1) is 0 Å². The van der Waals surface area contributed by atoms with Crippen molar-refractivity contribution in [2.75, 3.05) is 6.54 Å². The number of hydrogen-bond donors (Lipinski definition) is 1. The van der Waals surface area contributed by atoms with Crippen LogP contribution in [0.25, 0.3) is 0 Å². The van der Waals surface area contributed by atoms with Gasteiger partial charge in [-0.25, -0.2) is 0 Å². The average Bonchev–Trinajstić information content (AvgIpc) is 3.04. The molecule has 0 unspecified atom stereocenters. The lowest BCUT2D eigenvalue weighted by Gasteiger charge is -2.37. The zero-order valence-corrected chi connectivity index (χ0v) is 20.7. The second-order valence-electron chi connectivity index (χ2n) is 10.1. The maximum absolute atomic E-state index is 12.9. The standard InChI is InChI=1S/C28H41NO3/c1-6-7-8-17-29-19-24-23(27(29)31)18-25(30)22-14-16-28(5,32-26(22)24)15-10-13-21(4)12-9-11-20(2)3/h11,13,18,30H,6-10,12,14-17,19H2,1-5H3/b21-13+/t28-/m0/s1. The van der Waals surface area contributed by atoms with Gasteiger partial charge in [-0.3, -0.25) is 4.79 Å². The fourth-order valence-electron chi connectivity index (χ4n) is 4.79. The molecule has 1 amide bonds. The third-order valence-corrected chi connectivity index (χ3v) is 6.87. The molecule has 0 spiro atoms. The summed E-state index contributed by atoms with van der Waals surface area (Å²) >= 11 is 0. The van der Waals surface area contributed by atoms with E-state index >= 15 is 0 Å². The van der Waals surface area contributed by atoms with Crippen molar-refractivity contribution in [3.63, 3.8) is 0 Å². The van der Waals surface area contributed by atoms with Crippen LogP contribution in [0.5, 0.6) is 11.5 Å². The summed E-state index contributed by atoms with van der Waals surface area (Å²) in [6.45, 7) is 12.2. The number of allylic oxidation sites excluding steroid dienone is 4. The fraction of sp³-hybridized carbons (Fsp3) is 0.607. The number of nitrogens with zero attached hydrogens (tertiary/aromatic N) is 1. The molecule has 0 aliphatic carbocycles. The summed E-state index contributed by atoms with van der Waals surface area (Å²) in [6, 6.07) is 1.67. The number of ether oxygens (including phenoxy) is 1. The number of carbonyl (C=O) groups excluding carboxylic acids is 1. The summed E-state index contributed by atoms with van der Waals surface area (Å²) in [6.07, 6.45) is 13.7. The molecule has 0 saturated carbocycles. The van der Waals surface area contributed by atoms with Gasteiger partial charge in [0.05, 0.1) is 12.1 Å². The molecule has 1 atom stereocenters. The van der Waals surface area contributed by atoms with E-state index in [4.69, 9.17) is 4.74 Å². The second-order valence-corrected chi connectivity index (χ2v) is 10.1. The lowest BCUT2D eigenvalue weighted by atomic mass is 9.86. The molecule has 0 saturated heterocycles. The fourth-order valence-corrected chi connectivity index (χ4v) is 4.79. The first-order chi connectivity index (χ1) is 15.2. The van der Waals surface area contributed by atoms with Crippen molar-refractivity contribution in [3.8, 4) is 11.5 Å². The van der Waals surface area contributed by atoms with Gasteiger partial charge in [-0.2, -0.15) is 0 Å². The van der Waals surface area contributed by atoms with Gasteiger partial charge in [0, 0.05) is 17.7 Å². The predicted molar refractivity (Wildman–Crippen MR) is 131 cm³/mol. The molecular weight excluding hydrogens is 398 g/mol. The van der Waals surface area contributed by atoms with E-state index in [1.807, 2.05) is 4.90 Å². The van der Waals surface area contributed by atoms with Gasteiger partial charge in [0.2, 0.25) is 0 Å². The quantitative estimate of drug-likeness (QED) is 0.312. The van der Waals surface area contributed by atoms with Crippen LogP contribution in [-0.4, -0.2) is 28.1 Å². The first-order valence-electron chi connectivity index (χ1n) is 12.4. The summed E-state index contributed by atoms with van der Waals surface area (Å²) in [5.74, 6) is 1.00. The van der Waals surface area contributed by atoms with Crippen molar-refractivity contribution < 1.29 is 14.6 Å². The summed E-state index contributed by atoms with van der Waals surface area (Å²) in [7, 11) is 0. The number of phenols is 1. The average molecular weight is 440 g/mol. The van der Waals surface area contributed by atoms with E-state index < -0.39 is 0 Å². The molecule has 2 heterocycles. The Morgan fingerprint density at radius 1 is 1.19 bits per heavy atom. The molecule has 32 heavy (non-hydrogen) atoms. The molecule has 0 fully saturated rings. The van der Waals surface area contributed by atoms with Crippen LogP contribution in [0.4, 0.5) is 0 Å². The number of unbranched alkanes of at least 4 members (excludes halogenated alkanes) is 2. The lowest BCUT2D eigenvalue weighted by molar-refractivity contribution is 0.0547. The molecule has 4 heteroatoms. The Hall–Kier alpha value is -2.23. The molecule has 176 valence electrons. The summed E-state index contributed by atoms with van der Waals surface area (Å²) in [4.78, 5) is 14.8. The van der Waals surface area contributed by atoms with Crippen LogP contribution < -0.4 is 4.74 Å². The minimum atomic E-state index is -0.274. The molecule has 1 aromatic carbocycles. The van der Waals surface area contributed by atoms with Crippen LogP contribution in [0.3, 0.4) is 0 Å². The van der Waals surface area contributed by atoms with Crippen LogP contribution in [0.1, 0.15) is 107 Å². The molecule has 0 aromatic heterocycles. The number of fused-ring (bicyclic) bond motifs is 3. The highest BCUT2D eigenvalue weighted by molar-refractivity contribution is 6.00. The van der Waals surface area contributed by atoms with Crippen molar-refractivity contribution in [3.05, 3.63) is 46.1 Å². The normalized spacial score (nSPS) is 20.1. The molecule has 1 N–H and O–H groups in total. The van der Waals surface area contributed by atoms with E-state index in [9.17, 15) is 9.90 Å². The second kappa shape index (κ2) is 10.6. The SMILES string of the molecule is CCCCCN1Cc2c(cc(O)c3c2O[C@@](C)(CC/C=C(\C)CCC=C(C)C)CC3)C1=O. The van der Waals surface area contributed by atoms with Gasteiger partial charge in [-0.15, -0.1) is 0 Å². The van der Waals surface area contributed by atoms with Gasteiger partial charge in [0.1, 0.15) is 17.1 Å². The molecule has 0 radical (unpaired) electrons. The van der Waals surface area contributed by atoms with Crippen LogP contribution in [0.15, 0.2) is 29.4 Å². The highest BCUT2D eigenvalue weighted by Gasteiger charge is 2.39. The highest BCUT2D eigenvalue weighted by atomic mass is 16.5. The van der Waals surface area contributed by atoms with Crippen molar-refractivity contribution in [1.82, 2.24) is 4.90 Å². The van der Waals surface area contributed by atoms with Gasteiger partial charge < -0.3 is 14.7 Å². The van der Waals surface area contributed by atoms with E-state index in [-0.39, 0.29) is 17.3 Å². The Labute approximate surface area is 194 Å². The van der Waals surface area contributed by atoms with Crippen LogP contribution in [0.2, 0.25) is 0 Å². The maximum Gasteiger partial charge on any atom is 0.254 e. The Morgan fingerprint density at radius 3 is 2.69 bits per heavy atom. The Morgan fingerprint density at radius 2 is 1.97 bits per heavy atom. The molecule has 2 aliphatic heterocycles. The van der Waals surface area contributed by atoms with Crippen LogP contribution >= 0.6 is 0 Å². The largest absolute Gasteiger partial charge is 0.508 e. The molecular formula is C28H41NO3. The van der Waals surface area contributed by atoms with Gasteiger partial charge in [-0.05, 0) is 78.7 Å². The van der Waals surface area contributed by atoms with E-state index in [1.54, 1.807) is 6.07 Å². The monoisotopic (exact) mass is 439 g/mol. The third-order valence-electron chi connectivity index (χ3n) is 6.87. The van der Waals surface area contributed by atoms with Gasteiger partial charge in [0.25, 0.3) is 5.91 Å². The minimum Gasteiger partial charge on any atom is -0.508 e. The van der Waals surface area contributed by atoms with E-state index in [0.29, 0.717) is 12.1 Å². The smallest absolute Gasteiger partial charge is 0.254 e.